The van der Waals surface area contributed by atoms with E-state index in [9.17, 15) is 0 Å². The lowest BCUT2D eigenvalue weighted by molar-refractivity contribution is 0.0699. The molecule has 0 aromatic carbocycles. The standard InChI is InChI=1S/C22H29ClN4O/c23-20-15-25-18(7-6-17-3-2-10-24-17)13-19(20)21-4-1-5-22(27-21)26-14-16-8-11-28-12-9-16/h1,4-5,13,15-17,24H,2-3,6-12,14H2,(H,26,27)/t17-/m0/s1. The zero-order valence-electron chi connectivity index (χ0n) is 16.3. The first kappa shape index (κ1) is 19.6. The van der Waals surface area contributed by atoms with E-state index >= 15 is 0 Å². The molecule has 0 unspecified atom stereocenters. The molecule has 5 nitrogen and oxygen atoms in total. The summed E-state index contributed by atoms with van der Waals surface area (Å²) < 4.78 is 5.44. The van der Waals surface area contributed by atoms with Gasteiger partial charge >= 0.3 is 0 Å². The Hall–Kier alpha value is -1.69. The van der Waals surface area contributed by atoms with Gasteiger partial charge in [0.05, 0.1) is 10.7 Å². The summed E-state index contributed by atoms with van der Waals surface area (Å²) in [6.07, 6.45) is 8.62. The van der Waals surface area contributed by atoms with Crippen molar-refractivity contribution in [1.82, 2.24) is 15.3 Å². The first-order valence-electron chi connectivity index (χ1n) is 10.4. The maximum atomic E-state index is 6.46. The predicted molar refractivity (Wildman–Crippen MR) is 114 cm³/mol. The van der Waals surface area contributed by atoms with Gasteiger partial charge in [-0.05, 0) is 69.2 Å². The van der Waals surface area contributed by atoms with E-state index in [4.69, 9.17) is 21.3 Å². The normalized spacial score (nSPS) is 20.4. The second-order valence-corrected chi connectivity index (χ2v) is 8.24. The minimum absolute atomic E-state index is 0.622. The molecule has 2 fully saturated rings. The van der Waals surface area contributed by atoms with E-state index in [0.29, 0.717) is 17.0 Å². The van der Waals surface area contributed by atoms with Crippen molar-refractivity contribution in [2.24, 2.45) is 5.92 Å². The fourth-order valence-corrected chi connectivity index (χ4v) is 4.22. The van der Waals surface area contributed by atoms with Gasteiger partial charge in [-0.2, -0.15) is 0 Å². The van der Waals surface area contributed by atoms with Gasteiger partial charge < -0.3 is 15.4 Å². The van der Waals surface area contributed by atoms with Crippen molar-refractivity contribution < 1.29 is 4.74 Å². The monoisotopic (exact) mass is 400 g/mol. The van der Waals surface area contributed by atoms with Crippen molar-refractivity contribution in [3.8, 4) is 11.3 Å². The molecule has 28 heavy (non-hydrogen) atoms. The zero-order chi connectivity index (χ0) is 19.2. The van der Waals surface area contributed by atoms with Crippen LogP contribution in [0.4, 0.5) is 5.82 Å². The summed E-state index contributed by atoms with van der Waals surface area (Å²) in [6.45, 7) is 3.81. The zero-order valence-corrected chi connectivity index (χ0v) is 17.0. The van der Waals surface area contributed by atoms with E-state index in [1.165, 1.54) is 12.8 Å². The Kier molecular flexibility index (Phi) is 6.78. The Morgan fingerprint density at radius 2 is 2.11 bits per heavy atom. The topological polar surface area (TPSA) is 59.1 Å². The minimum Gasteiger partial charge on any atom is -0.381 e. The first-order valence-corrected chi connectivity index (χ1v) is 10.8. The third kappa shape index (κ3) is 5.22. The summed E-state index contributed by atoms with van der Waals surface area (Å²) in [6, 6.07) is 8.79. The molecule has 0 amide bonds. The molecule has 0 radical (unpaired) electrons. The number of pyridine rings is 2. The van der Waals surface area contributed by atoms with Gasteiger partial charge in [-0.1, -0.05) is 17.7 Å². The summed E-state index contributed by atoms with van der Waals surface area (Å²) in [5.74, 6) is 1.55. The SMILES string of the molecule is Clc1cnc(CC[C@@H]2CCCN2)cc1-c1cccc(NCC2CCOCC2)n1. The number of rotatable bonds is 7. The van der Waals surface area contributed by atoms with Gasteiger partial charge in [0.1, 0.15) is 5.82 Å². The average Bonchev–Trinajstić information content (AvgIpc) is 3.26. The molecule has 2 aromatic rings. The van der Waals surface area contributed by atoms with Crippen molar-refractivity contribution in [1.29, 1.82) is 0 Å². The number of nitrogens with one attached hydrogen (secondary N) is 2. The molecule has 4 rings (SSSR count). The van der Waals surface area contributed by atoms with Crippen LogP contribution in [0.2, 0.25) is 5.02 Å². The fourth-order valence-electron chi connectivity index (χ4n) is 4.02. The summed E-state index contributed by atoms with van der Waals surface area (Å²) in [7, 11) is 0. The quantitative estimate of drug-likeness (QED) is 0.724. The summed E-state index contributed by atoms with van der Waals surface area (Å²) >= 11 is 6.46. The number of nitrogens with zero attached hydrogens (tertiary/aromatic N) is 2. The molecule has 1 atom stereocenters. The number of anilines is 1. The molecule has 150 valence electrons. The van der Waals surface area contributed by atoms with Crippen LogP contribution in [0.1, 0.15) is 37.8 Å². The van der Waals surface area contributed by atoms with Gasteiger partial charge in [-0.25, -0.2) is 4.98 Å². The number of aryl methyl sites for hydroxylation is 1. The highest BCUT2D eigenvalue weighted by molar-refractivity contribution is 6.33. The van der Waals surface area contributed by atoms with E-state index in [-0.39, 0.29) is 0 Å². The Labute approximate surface area is 172 Å². The molecule has 2 N–H and O–H groups in total. The smallest absolute Gasteiger partial charge is 0.126 e. The number of halogens is 1. The van der Waals surface area contributed by atoms with E-state index in [1.54, 1.807) is 6.20 Å². The third-order valence-corrected chi connectivity index (χ3v) is 6.06. The molecule has 0 aliphatic carbocycles. The predicted octanol–water partition coefficient (Wildman–Crippen LogP) is 4.32. The molecule has 2 aliphatic rings. The lowest BCUT2D eigenvalue weighted by atomic mass is 10.0. The van der Waals surface area contributed by atoms with Crippen molar-refractivity contribution in [3.05, 3.63) is 41.2 Å². The van der Waals surface area contributed by atoms with E-state index < -0.39 is 0 Å². The number of hydrogen-bond donors (Lipinski definition) is 2. The molecule has 0 saturated carbocycles. The van der Waals surface area contributed by atoms with Gasteiger partial charge in [0.25, 0.3) is 0 Å². The van der Waals surface area contributed by atoms with Crippen LogP contribution in [0.15, 0.2) is 30.5 Å². The van der Waals surface area contributed by atoms with Crippen LogP contribution in [0.3, 0.4) is 0 Å². The molecule has 4 heterocycles. The summed E-state index contributed by atoms with van der Waals surface area (Å²) in [5.41, 5.74) is 2.93. The largest absolute Gasteiger partial charge is 0.381 e. The Balaban J connectivity index is 1.42. The third-order valence-electron chi connectivity index (χ3n) is 5.76. The number of hydrogen-bond acceptors (Lipinski definition) is 5. The maximum Gasteiger partial charge on any atom is 0.126 e. The molecule has 2 aromatic heterocycles. The molecular weight excluding hydrogens is 372 g/mol. The summed E-state index contributed by atoms with van der Waals surface area (Å²) in [4.78, 5) is 9.33. The second-order valence-electron chi connectivity index (χ2n) is 7.83. The van der Waals surface area contributed by atoms with E-state index in [1.807, 2.05) is 18.2 Å². The molecule has 6 heteroatoms. The van der Waals surface area contributed by atoms with E-state index in [0.717, 1.165) is 74.8 Å². The van der Waals surface area contributed by atoms with Crippen LogP contribution >= 0.6 is 11.6 Å². The molecule has 2 aliphatic heterocycles. The highest BCUT2D eigenvalue weighted by atomic mass is 35.5. The van der Waals surface area contributed by atoms with Crippen LogP contribution in [0.25, 0.3) is 11.3 Å². The minimum atomic E-state index is 0.622. The van der Waals surface area contributed by atoms with Crippen LogP contribution in [0.5, 0.6) is 0 Å². The lowest BCUT2D eigenvalue weighted by Gasteiger charge is -2.22. The van der Waals surface area contributed by atoms with Crippen LogP contribution in [0, 0.1) is 5.92 Å². The molecular formula is C22H29ClN4O. The first-order chi connectivity index (χ1) is 13.8. The average molecular weight is 401 g/mol. The van der Waals surface area contributed by atoms with E-state index in [2.05, 4.69) is 21.7 Å². The Morgan fingerprint density at radius 1 is 1.21 bits per heavy atom. The van der Waals surface area contributed by atoms with Gasteiger partial charge in [0.15, 0.2) is 0 Å². The van der Waals surface area contributed by atoms with Gasteiger partial charge in [0.2, 0.25) is 0 Å². The van der Waals surface area contributed by atoms with Crippen LogP contribution < -0.4 is 10.6 Å². The van der Waals surface area contributed by atoms with Crippen LogP contribution in [-0.2, 0) is 11.2 Å². The number of ether oxygens (including phenoxy) is 1. The highest BCUT2D eigenvalue weighted by Crippen LogP contribution is 2.28. The number of aromatic nitrogens is 2. The molecule has 0 bridgehead atoms. The molecule has 2 saturated heterocycles. The lowest BCUT2D eigenvalue weighted by Crippen LogP contribution is -2.22. The van der Waals surface area contributed by atoms with Crippen molar-refractivity contribution in [2.75, 3.05) is 31.6 Å². The highest BCUT2D eigenvalue weighted by Gasteiger charge is 2.16. The van der Waals surface area contributed by atoms with Gasteiger partial charge in [-0.15, -0.1) is 0 Å². The van der Waals surface area contributed by atoms with Crippen LogP contribution in [-0.4, -0.2) is 42.3 Å². The van der Waals surface area contributed by atoms with Crippen molar-refractivity contribution in [2.45, 2.75) is 44.6 Å². The van der Waals surface area contributed by atoms with Crippen molar-refractivity contribution in [3.63, 3.8) is 0 Å². The fraction of sp³-hybridized carbons (Fsp3) is 0.545. The Morgan fingerprint density at radius 3 is 2.93 bits per heavy atom. The Bertz CT molecular complexity index is 773. The van der Waals surface area contributed by atoms with Crippen molar-refractivity contribution >= 4 is 17.4 Å². The van der Waals surface area contributed by atoms with Gasteiger partial charge in [0, 0.05) is 43.3 Å². The maximum absolute atomic E-state index is 6.46. The summed E-state index contributed by atoms with van der Waals surface area (Å²) in [5, 5.41) is 7.69. The second kappa shape index (κ2) is 9.68. The van der Waals surface area contributed by atoms with Gasteiger partial charge in [-0.3, -0.25) is 4.98 Å². The molecule has 0 spiro atoms.